The Morgan fingerprint density at radius 3 is 2.75 bits per heavy atom. The Morgan fingerprint density at radius 1 is 1.31 bits per heavy atom. The van der Waals surface area contributed by atoms with Gasteiger partial charge in [-0.05, 0) is 31.5 Å². The molecule has 84 valence electrons. The number of rotatable bonds is 3. The molecule has 0 saturated carbocycles. The van der Waals surface area contributed by atoms with Crippen molar-refractivity contribution in [2.75, 3.05) is 6.54 Å². The maximum absolute atomic E-state index is 5.55. The first-order valence-electron chi connectivity index (χ1n) is 5.44. The van der Waals surface area contributed by atoms with Gasteiger partial charge in [0.25, 0.3) is 0 Å². The molecule has 0 aliphatic rings. The summed E-state index contributed by atoms with van der Waals surface area (Å²) in [6.07, 6.45) is 0.893. The summed E-state index contributed by atoms with van der Waals surface area (Å²) in [7, 11) is 0. The molecular weight excluding hydrogens is 200 g/mol. The van der Waals surface area contributed by atoms with Gasteiger partial charge in [-0.1, -0.05) is 18.2 Å². The summed E-state index contributed by atoms with van der Waals surface area (Å²) in [5.41, 5.74) is 8.81. The molecule has 0 bridgehead atoms. The number of hydrogen-bond acceptors (Lipinski definition) is 3. The normalized spacial score (nSPS) is 10.7. The van der Waals surface area contributed by atoms with Gasteiger partial charge in [0, 0.05) is 12.5 Å². The number of aromatic nitrogens is 1. The van der Waals surface area contributed by atoms with Crippen LogP contribution in [0.1, 0.15) is 17.2 Å². The molecule has 0 aliphatic carbocycles. The summed E-state index contributed by atoms with van der Waals surface area (Å²) in [4.78, 5) is 4.38. The van der Waals surface area contributed by atoms with E-state index in [-0.39, 0.29) is 0 Å². The lowest BCUT2D eigenvalue weighted by Crippen LogP contribution is -2.02. The first-order valence-corrected chi connectivity index (χ1v) is 5.44. The molecule has 2 N–H and O–H groups in total. The first kappa shape index (κ1) is 10.9. The van der Waals surface area contributed by atoms with Gasteiger partial charge in [-0.15, -0.1) is 0 Å². The third-order valence-corrected chi connectivity index (χ3v) is 2.54. The Labute approximate surface area is 95.3 Å². The van der Waals surface area contributed by atoms with Gasteiger partial charge in [0.2, 0.25) is 0 Å². The number of nitrogens with two attached hydrogens (primary N) is 1. The molecule has 1 aromatic carbocycles. The van der Waals surface area contributed by atoms with Crippen LogP contribution >= 0.6 is 0 Å². The SMILES string of the molecule is Cc1nc(-c2cccc(CCN)c2)c(C)o1. The fourth-order valence-corrected chi connectivity index (χ4v) is 1.84. The van der Waals surface area contributed by atoms with Crippen molar-refractivity contribution in [3.63, 3.8) is 0 Å². The maximum atomic E-state index is 5.55. The van der Waals surface area contributed by atoms with Crippen molar-refractivity contribution >= 4 is 0 Å². The molecule has 1 aromatic heterocycles. The number of benzene rings is 1. The monoisotopic (exact) mass is 216 g/mol. The highest BCUT2D eigenvalue weighted by atomic mass is 16.4. The van der Waals surface area contributed by atoms with E-state index in [0.29, 0.717) is 12.4 Å². The van der Waals surface area contributed by atoms with E-state index in [0.717, 1.165) is 23.4 Å². The van der Waals surface area contributed by atoms with Crippen molar-refractivity contribution in [3.05, 3.63) is 41.5 Å². The zero-order valence-electron chi connectivity index (χ0n) is 9.66. The molecule has 0 radical (unpaired) electrons. The van der Waals surface area contributed by atoms with Crippen LogP contribution in [0.4, 0.5) is 0 Å². The van der Waals surface area contributed by atoms with Crippen molar-refractivity contribution in [3.8, 4) is 11.3 Å². The topological polar surface area (TPSA) is 52.0 Å². The average molecular weight is 216 g/mol. The molecule has 16 heavy (non-hydrogen) atoms. The molecule has 0 atom stereocenters. The maximum Gasteiger partial charge on any atom is 0.191 e. The molecule has 0 saturated heterocycles. The van der Waals surface area contributed by atoms with Crippen LogP contribution in [-0.2, 0) is 6.42 Å². The van der Waals surface area contributed by atoms with Gasteiger partial charge < -0.3 is 10.2 Å². The molecular formula is C13H16N2O. The van der Waals surface area contributed by atoms with E-state index < -0.39 is 0 Å². The van der Waals surface area contributed by atoms with Crippen LogP contribution in [0, 0.1) is 13.8 Å². The largest absolute Gasteiger partial charge is 0.446 e. The van der Waals surface area contributed by atoms with Crippen molar-refractivity contribution in [1.29, 1.82) is 0 Å². The van der Waals surface area contributed by atoms with E-state index in [1.807, 2.05) is 26.0 Å². The second-order valence-electron chi connectivity index (χ2n) is 3.88. The third kappa shape index (κ3) is 2.14. The van der Waals surface area contributed by atoms with Gasteiger partial charge in [-0.3, -0.25) is 0 Å². The van der Waals surface area contributed by atoms with E-state index >= 15 is 0 Å². The fraction of sp³-hybridized carbons (Fsp3) is 0.308. The zero-order chi connectivity index (χ0) is 11.5. The van der Waals surface area contributed by atoms with E-state index in [9.17, 15) is 0 Å². The van der Waals surface area contributed by atoms with Gasteiger partial charge in [-0.25, -0.2) is 4.98 Å². The minimum atomic E-state index is 0.667. The van der Waals surface area contributed by atoms with Crippen molar-refractivity contribution < 1.29 is 4.42 Å². The molecule has 1 heterocycles. The molecule has 2 aromatic rings. The Bertz CT molecular complexity index is 488. The van der Waals surface area contributed by atoms with Gasteiger partial charge in [0.1, 0.15) is 11.5 Å². The molecule has 3 heteroatoms. The number of oxazole rings is 1. The van der Waals surface area contributed by atoms with Crippen LogP contribution in [-0.4, -0.2) is 11.5 Å². The molecule has 3 nitrogen and oxygen atoms in total. The summed E-state index contributed by atoms with van der Waals surface area (Å²) in [6, 6.07) is 8.28. The zero-order valence-corrected chi connectivity index (χ0v) is 9.66. The molecule has 2 rings (SSSR count). The van der Waals surface area contributed by atoms with Crippen LogP contribution in [0.5, 0.6) is 0 Å². The summed E-state index contributed by atoms with van der Waals surface area (Å²) >= 11 is 0. The molecule has 0 aliphatic heterocycles. The highest BCUT2D eigenvalue weighted by molar-refractivity contribution is 5.61. The molecule has 0 amide bonds. The Kier molecular flexibility index (Phi) is 3.06. The minimum absolute atomic E-state index is 0.667. The molecule has 0 spiro atoms. The predicted molar refractivity (Wildman–Crippen MR) is 64.2 cm³/mol. The standard InChI is InChI=1S/C13H16N2O/c1-9-13(15-10(2)16-9)12-5-3-4-11(8-12)6-7-14/h3-5,8H,6-7,14H2,1-2H3. The number of aryl methyl sites for hydroxylation is 2. The first-order chi connectivity index (χ1) is 7.70. The highest BCUT2D eigenvalue weighted by Gasteiger charge is 2.09. The van der Waals surface area contributed by atoms with E-state index in [4.69, 9.17) is 10.2 Å². The Hall–Kier alpha value is -1.61. The summed E-state index contributed by atoms with van der Waals surface area (Å²) in [6.45, 7) is 4.46. The smallest absolute Gasteiger partial charge is 0.191 e. The van der Waals surface area contributed by atoms with Crippen molar-refractivity contribution in [1.82, 2.24) is 4.98 Å². The number of nitrogens with zero attached hydrogens (tertiary/aromatic N) is 1. The number of hydrogen-bond donors (Lipinski definition) is 1. The second kappa shape index (κ2) is 4.49. The van der Waals surface area contributed by atoms with Crippen molar-refractivity contribution in [2.24, 2.45) is 5.73 Å². The average Bonchev–Trinajstić information content (AvgIpc) is 2.59. The predicted octanol–water partition coefficient (Wildman–Crippen LogP) is 2.46. The summed E-state index contributed by atoms with van der Waals surface area (Å²) in [5, 5.41) is 0. The van der Waals surface area contributed by atoms with Gasteiger partial charge in [0.15, 0.2) is 5.89 Å². The Morgan fingerprint density at radius 2 is 2.12 bits per heavy atom. The molecule has 0 unspecified atom stereocenters. The van der Waals surface area contributed by atoms with Gasteiger partial charge in [-0.2, -0.15) is 0 Å². The van der Waals surface area contributed by atoms with Crippen LogP contribution < -0.4 is 5.73 Å². The van der Waals surface area contributed by atoms with Crippen LogP contribution in [0.2, 0.25) is 0 Å². The molecule has 0 fully saturated rings. The highest BCUT2D eigenvalue weighted by Crippen LogP contribution is 2.23. The van der Waals surface area contributed by atoms with Crippen LogP contribution in [0.15, 0.2) is 28.7 Å². The third-order valence-electron chi connectivity index (χ3n) is 2.54. The lowest BCUT2D eigenvalue weighted by molar-refractivity contribution is 0.495. The van der Waals surface area contributed by atoms with E-state index in [1.165, 1.54) is 5.56 Å². The van der Waals surface area contributed by atoms with Gasteiger partial charge in [0.05, 0.1) is 0 Å². The summed E-state index contributed by atoms with van der Waals surface area (Å²) < 4.78 is 5.43. The second-order valence-corrected chi connectivity index (χ2v) is 3.88. The summed E-state index contributed by atoms with van der Waals surface area (Å²) in [5.74, 6) is 1.57. The fourth-order valence-electron chi connectivity index (χ4n) is 1.84. The lowest BCUT2D eigenvalue weighted by Gasteiger charge is -2.02. The van der Waals surface area contributed by atoms with E-state index in [1.54, 1.807) is 0 Å². The lowest BCUT2D eigenvalue weighted by atomic mass is 10.1. The van der Waals surface area contributed by atoms with Crippen LogP contribution in [0.3, 0.4) is 0 Å². The van der Waals surface area contributed by atoms with E-state index in [2.05, 4.69) is 17.1 Å². The van der Waals surface area contributed by atoms with Crippen LogP contribution in [0.25, 0.3) is 11.3 Å². The minimum Gasteiger partial charge on any atom is -0.446 e. The van der Waals surface area contributed by atoms with Gasteiger partial charge >= 0.3 is 0 Å². The quantitative estimate of drug-likeness (QED) is 0.857. The van der Waals surface area contributed by atoms with Crippen molar-refractivity contribution in [2.45, 2.75) is 20.3 Å². The Balaban J connectivity index is 2.40.